The SMILES string of the molecule is CC(C)(C)[C@@H]1CC=C(CCC=O)CC1. The molecule has 0 saturated carbocycles. The summed E-state index contributed by atoms with van der Waals surface area (Å²) in [5.74, 6) is 0.822. The van der Waals surface area contributed by atoms with Crippen LogP contribution in [-0.2, 0) is 4.79 Å². The average Bonchev–Trinajstić information content (AvgIpc) is 2.14. The third kappa shape index (κ3) is 3.28. The third-order valence-electron chi connectivity index (χ3n) is 3.31. The minimum Gasteiger partial charge on any atom is -0.303 e. The van der Waals surface area contributed by atoms with Gasteiger partial charge in [0.05, 0.1) is 0 Å². The summed E-state index contributed by atoms with van der Waals surface area (Å²) in [7, 11) is 0. The summed E-state index contributed by atoms with van der Waals surface area (Å²) in [5.41, 5.74) is 1.93. The molecule has 0 aliphatic heterocycles. The van der Waals surface area contributed by atoms with E-state index in [1.165, 1.54) is 24.8 Å². The normalized spacial score (nSPS) is 23.1. The molecular formula is C13H22O. The number of carbonyl (C=O) groups is 1. The van der Waals surface area contributed by atoms with Crippen LogP contribution in [0.4, 0.5) is 0 Å². The summed E-state index contributed by atoms with van der Waals surface area (Å²) < 4.78 is 0. The van der Waals surface area contributed by atoms with E-state index in [-0.39, 0.29) is 0 Å². The molecule has 0 spiro atoms. The summed E-state index contributed by atoms with van der Waals surface area (Å²) in [6.45, 7) is 6.96. The topological polar surface area (TPSA) is 17.1 Å². The number of aldehydes is 1. The van der Waals surface area contributed by atoms with Crippen molar-refractivity contribution in [1.82, 2.24) is 0 Å². The van der Waals surface area contributed by atoms with E-state index in [4.69, 9.17) is 0 Å². The molecule has 1 atom stereocenters. The Morgan fingerprint density at radius 1 is 1.50 bits per heavy atom. The number of hydrogen-bond acceptors (Lipinski definition) is 1. The highest BCUT2D eigenvalue weighted by Gasteiger charge is 2.25. The molecule has 0 N–H and O–H groups in total. The van der Waals surface area contributed by atoms with Crippen molar-refractivity contribution >= 4 is 6.29 Å². The van der Waals surface area contributed by atoms with E-state index in [1.54, 1.807) is 0 Å². The maximum absolute atomic E-state index is 10.2. The molecule has 1 aliphatic rings. The molecule has 1 heteroatoms. The highest BCUT2D eigenvalue weighted by atomic mass is 16.1. The minimum absolute atomic E-state index is 0.437. The molecule has 0 amide bonds. The summed E-state index contributed by atoms with van der Waals surface area (Å²) in [4.78, 5) is 10.2. The Labute approximate surface area is 87.6 Å². The van der Waals surface area contributed by atoms with Crippen LogP contribution in [0, 0.1) is 11.3 Å². The van der Waals surface area contributed by atoms with E-state index in [0.29, 0.717) is 11.8 Å². The molecule has 0 aromatic carbocycles. The third-order valence-corrected chi connectivity index (χ3v) is 3.31. The Bertz CT molecular complexity index is 220. The maximum atomic E-state index is 10.2. The molecule has 1 rings (SSSR count). The van der Waals surface area contributed by atoms with Gasteiger partial charge in [0.15, 0.2) is 0 Å². The Morgan fingerprint density at radius 3 is 2.64 bits per heavy atom. The van der Waals surface area contributed by atoms with Crippen molar-refractivity contribution in [1.29, 1.82) is 0 Å². The number of allylic oxidation sites excluding steroid dienone is 2. The zero-order chi connectivity index (χ0) is 10.6. The molecule has 14 heavy (non-hydrogen) atoms. The van der Waals surface area contributed by atoms with Gasteiger partial charge in [0.1, 0.15) is 6.29 Å². The average molecular weight is 194 g/mol. The van der Waals surface area contributed by atoms with Gasteiger partial charge in [-0.3, -0.25) is 0 Å². The van der Waals surface area contributed by atoms with Crippen LogP contribution >= 0.6 is 0 Å². The maximum Gasteiger partial charge on any atom is 0.120 e. The molecule has 0 radical (unpaired) electrons. The van der Waals surface area contributed by atoms with Crippen LogP contribution in [0.25, 0.3) is 0 Å². The molecule has 0 aromatic heterocycles. The molecule has 0 saturated heterocycles. The summed E-state index contributed by atoms with van der Waals surface area (Å²) >= 11 is 0. The van der Waals surface area contributed by atoms with Crippen LogP contribution in [0.5, 0.6) is 0 Å². The van der Waals surface area contributed by atoms with Crippen molar-refractivity contribution < 1.29 is 4.79 Å². The second-order valence-electron chi connectivity index (χ2n) is 5.41. The van der Waals surface area contributed by atoms with Crippen molar-refractivity contribution in [3.8, 4) is 0 Å². The highest BCUT2D eigenvalue weighted by molar-refractivity contribution is 5.49. The smallest absolute Gasteiger partial charge is 0.120 e. The van der Waals surface area contributed by atoms with E-state index in [0.717, 1.165) is 18.6 Å². The Balaban J connectivity index is 2.43. The van der Waals surface area contributed by atoms with Gasteiger partial charge in [0.2, 0.25) is 0 Å². The molecule has 0 fully saturated rings. The van der Waals surface area contributed by atoms with Gasteiger partial charge < -0.3 is 4.79 Å². The Hall–Kier alpha value is -0.590. The van der Waals surface area contributed by atoms with Crippen molar-refractivity contribution in [2.45, 2.75) is 52.9 Å². The fraction of sp³-hybridized carbons (Fsp3) is 0.769. The van der Waals surface area contributed by atoms with Crippen LogP contribution < -0.4 is 0 Å². The first-order valence-electron chi connectivity index (χ1n) is 5.65. The van der Waals surface area contributed by atoms with E-state index >= 15 is 0 Å². The van der Waals surface area contributed by atoms with Gasteiger partial charge in [-0.05, 0) is 37.0 Å². The zero-order valence-corrected chi connectivity index (χ0v) is 9.68. The summed E-state index contributed by atoms with van der Waals surface area (Å²) in [6.07, 6.45) is 8.79. The molecule has 1 nitrogen and oxygen atoms in total. The van der Waals surface area contributed by atoms with Crippen LogP contribution in [0.15, 0.2) is 11.6 Å². The van der Waals surface area contributed by atoms with Crippen LogP contribution in [0.2, 0.25) is 0 Å². The first kappa shape index (κ1) is 11.5. The van der Waals surface area contributed by atoms with Crippen molar-refractivity contribution in [2.75, 3.05) is 0 Å². The largest absolute Gasteiger partial charge is 0.303 e. The number of rotatable bonds is 3. The molecular weight excluding hydrogens is 172 g/mol. The molecule has 0 aromatic rings. The van der Waals surface area contributed by atoms with Gasteiger partial charge in [-0.25, -0.2) is 0 Å². The predicted octanol–water partition coefficient (Wildman–Crippen LogP) is 3.74. The molecule has 0 heterocycles. The number of hydrogen-bond donors (Lipinski definition) is 0. The van der Waals surface area contributed by atoms with Gasteiger partial charge in [-0.2, -0.15) is 0 Å². The first-order chi connectivity index (χ1) is 6.54. The molecule has 80 valence electrons. The highest BCUT2D eigenvalue weighted by Crippen LogP contribution is 2.37. The van der Waals surface area contributed by atoms with Crippen molar-refractivity contribution in [3.63, 3.8) is 0 Å². The first-order valence-corrected chi connectivity index (χ1v) is 5.65. The zero-order valence-electron chi connectivity index (χ0n) is 9.68. The monoisotopic (exact) mass is 194 g/mol. The van der Waals surface area contributed by atoms with Gasteiger partial charge in [-0.15, -0.1) is 0 Å². The van der Waals surface area contributed by atoms with Gasteiger partial charge in [0.25, 0.3) is 0 Å². The lowest BCUT2D eigenvalue weighted by Crippen LogP contribution is -2.22. The van der Waals surface area contributed by atoms with Gasteiger partial charge >= 0.3 is 0 Å². The molecule has 0 bridgehead atoms. The molecule has 1 aliphatic carbocycles. The van der Waals surface area contributed by atoms with Crippen LogP contribution in [-0.4, -0.2) is 6.29 Å². The van der Waals surface area contributed by atoms with E-state index in [1.807, 2.05) is 0 Å². The van der Waals surface area contributed by atoms with Gasteiger partial charge in [0, 0.05) is 6.42 Å². The van der Waals surface area contributed by atoms with Crippen molar-refractivity contribution in [2.24, 2.45) is 11.3 Å². The van der Waals surface area contributed by atoms with E-state index < -0.39 is 0 Å². The quantitative estimate of drug-likeness (QED) is 0.494. The Morgan fingerprint density at radius 2 is 2.21 bits per heavy atom. The standard InChI is InChI=1S/C13H22O/c1-13(2,3)12-8-6-11(7-9-12)5-4-10-14/h6,10,12H,4-5,7-9H2,1-3H3/t12-/m1/s1. The fourth-order valence-electron chi connectivity index (χ4n) is 2.15. The Kier molecular flexibility index (Phi) is 3.91. The molecule has 0 unspecified atom stereocenters. The second kappa shape index (κ2) is 4.77. The summed E-state index contributed by atoms with van der Waals surface area (Å²) in [6, 6.07) is 0. The lowest BCUT2D eigenvalue weighted by Gasteiger charge is -2.33. The fourth-order valence-corrected chi connectivity index (χ4v) is 2.15. The lowest BCUT2D eigenvalue weighted by molar-refractivity contribution is -0.107. The van der Waals surface area contributed by atoms with Crippen LogP contribution in [0.3, 0.4) is 0 Å². The predicted molar refractivity (Wildman–Crippen MR) is 60.2 cm³/mol. The number of carbonyl (C=O) groups excluding carboxylic acids is 1. The summed E-state index contributed by atoms with van der Waals surface area (Å²) in [5, 5.41) is 0. The van der Waals surface area contributed by atoms with Gasteiger partial charge in [-0.1, -0.05) is 32.4 Å². The van der Waals surface area contributed by atoms with E-state index in [9.17, 15) is 4.79 Å². The van der Waals surface area contributed by atoms with Crippen molar-refractivity contribution in [3.05, 3.63) is 11.6 Å². The van der Waals surface area contributed by atoms with Crippen LogP contribution in [0.1, 0.15) is 52.9 Å². The minimum atomic E-state index is 0.437. The van der Waals surface area contributed by atoms with E-state index in [2.05, 4.69) is 26.8 Å². The lowest BCUT2D eigenvalue weighted by atomic mass is 9.73. The second-order valence-corrected chi connectivity index (χ2v) is 5.41.